The first kappa shape index (κ1) is 23.1. The molecule has 1 aliphatic heterocycles. The van der Waals surface area contributed by atoms with E-state index in [-0.39, 0.29) is 25.1 Å². The van der Waals surface area contributed by atoms with Gasteiger partial charge < -0.3 is 14.6 Å². The molecule has 8 heteroatoms. The van der Waals surface area contributed by atoms with Crippen LogP contribution in [0.2, 0.25) is 5.02 Å². The molecule has 0 aliphatic carbocycles. The van der Waals surface area contributed by atoms with E-state index in [4.69, 9.17) is 26.2 Å². The van der Waals surface area contributed by atoms with Crippen LogP contribution < -0.4 is 4.74 Å². The van der Waals surface area contributed by atoms with E-state index in [1.54, 1.807) is 29.2 Å². The molecule has 1 aliphatic rings. The fraction of sp³-hybridized carbons (Fsp3) is 0.200. The molecule has 0 saturated carbocycles. The smallest absolute Gasteiger partial charge is 0.411 e. The van der Waals surface area contributed by atoms with Gasteiger partial charge in [-0.25, -0.2) is 4.79 Å². The van der Waals surface area contributed by atoms with Crippen LogP contribution >= 0.6 is 27.5 Å². The van der Waals surface area contributed by atoms with Gasteiger partial charge in [0.2, 0.25) is 0 Å². The summed E-state index contributed by atoms with van der Waals surface area (Å²) >= 11 is 9.79. The third kappa shape index (κ3) is 5.31. The maximum absolute atomic E-state index is 12.7. The first-order chi connectivity index (χ1) is 15.8. The highest BCUT2D eigenvalue weighted by Crippen LogP contribution is 2.37. The Morgan fingerprint density at radius 3 is 2.61 bits per heavy atom. The second-order valence-electron chi connectivity index (χ2n) is 7.77. The summed E-state index contributed by atoms with van der Waals surface area (Å²) in [6.45, 7) is 2.22. The van der Waals surface area contributed by atoms with Gasteiger partial charge in [-0.05, 0) is 48.4 Å². The molecule has 1 saturated heterocycles. The van der Waals surface area contributed by atoms with Crippen LogP contribution in [0.25, 0.3) is 0 Å². The van der Waals surface area contributed by atoms with E-state index >= 15 is 0 Å². The van der Waals surface area contributed by atoms with Gasteiger partial charge in [-0.1, -0.05) is 63.9 Å². The monoisotopic (exact) mass is 529 g/mol. The first-order valence-electron chi connectivity index (χ1n) is 10.3. The maximum Gasteiger partial charge on any atom is 0.411 e. The highest BCUT2D eigenvalue weighted by molar-refractivity contribution is 9.10. The Labute approximate surface area is 204 Å². The topological polar surface area (TPSA) is 76.1 Å². The number of hydrogen-bond donors (Lipinski definition) is 1. The third-order valence-corrected chi connectivity index (χ3v) is 6.26. The summed E-state index contributed by atoms with van der Waals surface area (Å²) in [5.41, 5.74) is 2.26. The summed E-state index contributed by atoms with van der Waals surface area (Å²) in [6.07, 6.45) is -0.903. The van der Waals surface area contributed by atoms with Crippen LogP contribution in [-0.2, 0) is 22.5 Å². The molecule has 0 spiro atoms. The zero-order valence-electron chi connectivity index (χ0n) is 17.7. The molecule has 6 nitrogen and oxygen atoms in total. The minimum atomic E-state index is -0.942. The molecule has 4 rings (SSSR count). The number of halogens is 2. The first-order valence-corrected chi connectivity index (χ1v) is 11.5. The van der Waals surface area contributed by atoms with Gasteiger partial charge in [0.1, 0.15) is 17.6 Å². The van der Waals surface area contributed by atoms with Crippen molar-refractivity contribution in [3.63, 3.8) is 0 Å². The van der Waals surface area contributed by atoms with E-state index in [2.05, 4.69) is 15.9 Å². The number of carbonyl (C=O) groups excluding carboxylic acids is 1. The molecule has 2 atom stereocenters. The molecule has 170 valence electrons. The lowest BCUT2D eigenvalue weighted by Gasteiger charge is -2.22. The van der Waals surface area contributed by atoms with Crippen LogP contribution in [0.4, 0.5) is 4.79 Å². The molecule has 3 aromatic rings. The summed E-state index contributed by atoms with van der Waals surface area (Å²) in [6, 6.07) is 19.8. The molecule has 1 fully saturated rings. The van der Waals surface area contributed by atoms with Crippen LogP contribution in [0.3, 0.4) is 0 Å². The van der Waals surface area contributed by atoms with Crippen molar-refractivity contribution >= 4 is 39.6 Å². The molecule has 33 heavy (non-hydrogen) atoms. The molecule has 1 heterocycles. The molecule has 0 unspecified atom stereocenters. The van der Waals surface area contributed by atoms with E-state index < -0.39 is 12.1 Å². The van der Waals surface area contributed by atoms with Crippen molar-refractivity contribution < 1.29 is 24.2 Å². The zero-order chi connectivity index (χ0) is 23.5. The van der Waals surface area contributed by atoms with E-state index in [0.29, 0.717) is 22.1 Å². The number of hydrogen-bond acceptors (Lipinski definition) is 4. The average molecular weight is 531 g/mol. The fourth-order valence-corrected chi connectivity index (χ4v) is 4.35. The number of carbonyl (C=O) groups is 2. The summed E-state index contributed by atoms with van der Waals surface area (Å²) < 4.78 is 12.6. The largest absolute Gasteiger partial charge is 0.481 e. The van der Waals surface area contributed by atoms with Gasteiger partial charge in [0.15, 0.2) is 0 Å². The van der Waals surface area contributed by atoms with Gasteiger partial charge in [0, 0.05) is 10.0 Å². The summed E-state index contributed by atoms with van der Waals surface area (Å²) in [4.78, 5) is 25.4. The number of carboxylic acids is 1. The van der Waals surface area contributed by atoms with Crippen molar-refractivity contribution in [1.82, 2.24) is 4.90 Å². The Hall–Kier alpha value is -3.03. The highest BCUT2D eigenvalue weighted by Gasteiger charge is 2.39. The van der Waals surface area contributed by atoms with Gasteiger partial charge >= 0.3 is 12.1 Å². The van der Waals surface area contributed by atoms with Crippen LogP contribution in [0.15, 0.2) is 71.2 Å². The SMILES string of the molecule is C[C@H]1[C@@H](c2ccccc2)OC(=O)N1Cc1cc(Br)ccc1Oc1cc(CC(=O)O)ccc1Cl. The quantitative estimate of drug-likeness (QED) is 0.372. The predicted octanol–water partition coefficient (Wildman–Crippen LogP) is 6.60. The van der Waals surface area contributed by atoms with Crippen molar-refractivity contribution in [3.8, 4) is 11.5 Å². The molecule has 0 bridgehead atoms. The van der Waals surface area contributed by atoms with Gasteiger partial charge in [-0.3, -0.25) is 9.69 Å². The van der Waals surface area contributed by atoms with Gasteiger partial charge in [0.25, 0.3) is 0 Å². The summed E-state index contributed by atoms with van der Waals surface area (Å²) in [5.74, 6) is -0.0870. The molecule has 0 radical (unpaired) electrons. The highest BCUT2D eigenvalue weighted by atomic mass is 79.9. The Balaban J connectivity index is 1.59. The van der Waals surface area contributed by atoms with Gasteiger partial charge in [-0.2, -0.15) is 0 Å². The van der Waals surface area contributed by atoms with Crippen molar-refractivity contribution in [2.24, 2.45) is 0 Å². The number of aliphatic carboxylic acids is 1. The second-order valence-corrected chi connectivity index (χ2v) is 9.10. The van der Waals surface area contributed by atoms with E-state index in [1.165, 1.54) is 0 Å². The predicted molar refractivity (Wildman–Crippen MR) is 128 cm³/mol. The number of cyclic esters (lactones) is 1. The van der Waals surface area contributed by atoms with Crippen LogP contribution in [0.5, 0.6) is 11.5 Å². The van der Waals surface area contributed by atoms with Crippen LogP contribution in [0.1, 0.15) is 29.7 Å². The number of amides is 1. The number of benzene rings is 3. The van der Waals surface area contributed by atoms with Gasteiger partial charge in [-0.15, -0.1) is 0 Å². The van der Waals surface area contributed by atoms with Crippen molar-refractivity contribution in [3.05, 3.63) is 92.9 Å². The van der Waals surface area contributed by atoms with Gasteiger partial charge in [0.05, 0.1) is 24.0 Å². The average Bonchev–Trinajstić information content (AvgIpc) is 3.06. The van der Waals surface area contributed by atoms with Crippen molar-refractivity contribution in [1.29, 1.82) is 0 Å². The van der Waals surface area contributed by atoms with E-state index in [9.17, 15) is 9.59 Å². The molecular weight excluding hydrogens is 510 g/mol. The molecule has 1 N–H and O–H groups in total. The Bertz CT molecular complexity index is 1190. The minimum Gasteiger partial charge on any atom is -0.481 e. The molecule has 0 aromatic heterocycles. The number of rotatable bonds is 7. The fourth-order valence-electron chi connectivity index (χ4n) is 3.79. The number of nitrogens with zero attached hydrogens (tertiary/aromatic N) is 1. The standard InChI is InChI=1S/C25H21BrClNO5/c1-15-24(17-5-3-2-4-6-17)33-25(31)28(15)14-18-13-19(26)8-10-21(18)32-22-11-16(12-23(29)30)7-9-20(22)27/h2-11,13,15,24H,12,14H2,1H3,(H,29,30)/t15-,24-/m0/s1. The van der Waals surface area contributed by atoms with E-state index in [0.717, 1.165) is 15.6 Å². The number of ether oxygens (including phenoxy) is 2. The minimum absolute atomic E-state index is 0.140. The van der Waals surface area contributed by atoms with Crippen molar-refractivity contribution in [2.75, 3.05) is 0 Å². The van der Waals surface area contributed by atoms with Crippen molar-refractivity contribution in [2.45, 2.75) is 32.0 Å². The normalized spacial score (nSPS) is 17.7. The maximum atomic E-state index is 12.7. The Kier molecular flexibility index (Phi) is 6.91. The Morgan fingerprint density at radius 2 is 1.88 bits per heavy atom. The molecule has 3 aromatic carbocycles. The second kappa shape index (κ2) is 9.85. The molecular formula is C25H21BrClNO5. The summed E-state index contributed by atoms with van der Waals surface area (Å²) in [5, 5.41) is 9.43. The van der Waals surface area contributed by atoms with Crippen LogP contribution in [0, 0.1) is 0 Å². The molecule has 1 amide bonds. The lowest BCUT2D eigenvalue weighted by atomic mass is 10.0. The number of carboxylic acid groups (broad SMARTS) is 1. The summed E-state index contributed by atoms with van der Waals surface area (Å²) in [7, 11) is 0. The third-order valence-electron chi connectivity index (χ3n) is 5.45. The Morgan fingerprint density at radius 1 is 1.12 bits per heavy atom. The zero-order valence-corrected chi connectivity index (χ0v) is 20.0. The van der Waals surface area contributed by atoms with Crippen LogP contribution in [-0.4, -0.2) is 28.1 Å². The van der Waals surface area contributed by atoms with E-state index in [1.807, 2.05) is 49.4 Å². The lowest BCUT2D eigenvalue weighted by Crippen LogP contribution is -2.31. The lowest BCUT2D eigenvalue weighted by molar-refractivity contribution is -0.136.